The fourth-order valence-electron chi connectivity index (χ4n) is 5.85. The van der Waals surface area contributed by atoms with Crippen molar-refractivity contribution in [1.82, 2.24) is 16.0 Å². The Bertz CT molecular complexity index is 1160. The van der Waals surface area contributed by atoms with Crippen molar-refractivity contribution in [2.45, 2.75) is 76.0 Å². The lowest BCUT2D eigenvalue weighted by atomic mass is 9.88. The van der Waals surface area contributed by atoms with E-state index in [4.69, 9.17) is 0 Å². The Morgan fingerprint density at radius 1 is 0.692 bits per heavy atom. The first-order chi connectivity index (χ1) is 19.1. The van der Waals surface area contributed by atoms with Gasteiger partial charge in [0.2, 0.25) is 17.5 Å². The maximum absolute atomic E-state index is 13.7. The molecule has 1 aliphatic heterocycles. The molecule has 2 aromatic carbocycles. The Morgan fingerprint density at radius 3 is 1.95 bits per heavy atom. The van der Waals surface area contributed by atoms with E-state index in [1.165, 1.54) is 0 Å². The Balaban J connectivity index is 1.44. The zero-order valence-corrected chi connectivity index (χ0v) is 22.4. The van der Waals surface area contributed by atoms with E-state index in [-0.39, 0.29) is 36.4 Å². The molecule has 1 aliphatic carbocycles. The number of rotatable bonds is 4. The van der Waals surface area contributed by atoms with Crippen molar-refractivity contribution in [3.8, 4) is 0 Å². The van der Waals surface area contributed by atoms with Crippen molar-refractivity contribution in [2.75, 3.05) is 0 Å². The summed E-state index contributed by atoms with van der Waals surface area (Å²) in [5.74, 6) is -0.384. The van der Waals surface area contributed by atoms with Crippen LogP contribution >= 0.6 is 0 Å². The quantitative estimate of drug-likeness (QED) is 0.359. The molecule has 2 amide bonds. The molecule has 1 saturated carbocycles. The molecule has 5 rings (SSSR count). The predicted octanol–water partition coefficient (Wildman–Crippen LogP) is 3.37. The number of nitrogens with zero attached hydrogens (tertiary/aromatic N) is 1. The van der Waals surface area contributed by atoms with Crippen LogP contribution in [0.15, 0.2) is 78.9 Å². The van der Waals surface area contributed by atoms with Crippen LogP contribution in [-0.4, -0.2) is 29.9 Å². The topological polar surface area (TPSA) is 97.2 Å². The summed E-state index contributed by atoms with van der Waals surface area (Å²) in [4.78, 5) is 27.3. The molecule has 0 spiro atoms. The van der Waals surface area contributed by atoms with Crippen LogP contribution in [0.5, 0.6) is 0 Å². The van der Waals surface area contributed by atoms with E-state index < -0.39 is 6.04 Å². The fourth-order valence-corrected chi connectivity index (χ4v) is 5.85. The second kappa shape index (κ2) is 12.9. The van der Waals surface area contributed by atoms with Crippen LogP contribution in [0.3, 0.4) is 0 Å². The van der Waals surface area contributed by atoms with Gasteiger partial charge in [-0.1, -0.05) is 73.5 Å². The number of benzene rings is 2. The van der Waals surface area contributed by atoms with Crippen molar-refractivity contribution < 1.29 is 14.3 Å². The van der Waals surface area contributed by atoms with Crippen molar-refractivity contribution in [3.05, 3.63) is 107 Å². The highest BCUT2D eigenvalue weighted by Gasteiger charge is 2.32. The van der Waals surface area contributed by atoms with E-state index in [2.05, 4.69) is 16.0 Å². The van der Waals surface area contributed by atoms with Gasteiger partial charge in [-0.05, 0) is 49.3 Å². The van der Waals surface area contributed by atoms with Gasteiger partial charge in [0.05, 0.1) is 12.6 Å². The van der Waals surface area contributed by atoms with E-state index in [0.717, 1.165) is 41.5 Å². The monoisotopic (exact) mass is 526 g/mol. The summed E-state index contributed by atoms with van der Waals surface area (Å²) in [6.07, 6.45) is 5.90. The minimum Gasteiger partial charge on any atom is -0.618 e. The van der Waals surface area contributed by atoms with Gasteiger partial charge in [0, 0.05) is 36.6 Å². The lowest BCUT2D eigenvalue weighted by Gasteiger charge is -2.34. The Hall–Kier alpha value is -3.71. The molecule has 3 aromatic rings. The minimum atomic E-state index is -0.509. The van der Waals surface area contributed by atoms with Gasteiger partial charge < -0.3 is 15.8 Å². The molecule has 204 valence electrons. The SMILES string of the molecule is O=C1N[C@@H]2CCCC[C@H]2NC(=O)[C@H](Cc2ccccc2)NCc2cccc([n+]2[O-])CC[C@@H]1Cc1ccccc1. The second-order valence-corrected chi connectivity index (χ2v) is 10.9. The molecule has 3 N–H and O–H groups in total. The van der Waals surface area contributed by atoms with Gasteiger partial charge >= 0.3 is 0 Å². The smallest absolute Gasteiger partial charge is 0.237 e. The van der Waals surface area contributed by atoms with Crippen molar-refractivity contribution >= 4 is 11.8 Å². The molecule has 2 heterocycles. The maximum Gasteiger partial charge on any atom is 0.237 e. The van der Waals surface area contributed by atoms with Crippen LogP contribution in [0.25, 0.3) is 0 Å². The summed E-state index contributed by atoms with van der Waals surface area (Å²) in [7, 11) is 0. The second-order valence-electron chi connectivity index (χ2n) is 10.9. The third kappa shape index (κ3) is 7.03. The number of nitrogens with one attached hydrogen (secondary N) is 3. The molecule has 0 radical (unpaired) electrons. The van der Waals surface area contributed by atoms with E-state index in [1.807, 2.05) is 72.8 Å². The first kappa shape index (κ1) is 26.9. The first-order valence-electron chi connectivity index (χ1n) is 14.2. The van der Waals surface area contributed by atoms with Crippen molar-refractivity contribution in [3.63, 3.8) is 0 Å². The van der Waals surface area contributed by atoms with E-state index in [9.17, 15) is 14.8 Å². The molecule has 7 nitrogen and oxygen atoms in total. The number of amides is 2. The molecular weight excluding hydrogens is 488 g/mol. The summed E-state index contributed by atoms with van der Waals surface area (Å²) in [6, 6.07) is 24.7. The zero-order chi connectivity index (χ0) is 27.0. The molecule has 0 unspecified atom stereocenters. The molecule has 2 bridgehead atoms. The number of aryl methyl sites for hydroxylation is 1. The number of hydrogen-bond donors (Lipinski definition) is 3. The summed E-state index contributed by atoms with van der Waals surface area (Å²) in [5, 5.41) is 23.2. The molecule has 1 fully saturated rings. The van der Waals surface area contributed by atoms with Gasteiger partial charge in [0.25, 0.3) is 0 Å². The average molecular weight is 527 g/mol. The van der Waals surface area contributed by atoms with Gasteiger partial charge in [-0.3, -0.25) is 14.9 Å². The van der Waals surface area contributed by atoms with E-state index in [1.54, 1.807) is 6.07 Å². The molecule has 7 heteroatoms. The molecule has 1 aromatic heterocycles. The van der Waals surface area contributed by atoms with Gasteiger partial charge in [0.15, 0.2) is 5.69 Å². The van der Waals surface area contributed by atoms with Crippen molar-refractivity contribution in [2.24, 2.45) is 5.92 Å². The van der Waals surface area contributed by atoms with Crippen LogP contribution in [0.1, 0.15) is 54.6 Å². The predicted molar refractivity (Wildman–Crippen MR) is 150 cm³/mol. The van der Waals surface area contributed by atoms with Crippen LogP contribution in [0.2, 0.25) is 0 Å². The van der Waals surface area contributed by atoms with E-state index in [0.29, 0.717) is 37.1 Å². The molecule has 0 saturated heterocycles. The first-order valence-corrected chi connectivity index (χ1v) is 14.2. The van der Waals surface area contributed by atoms with E-state index >= 15 is 0 Å². The minimum absolute atomic E-state index is 0.00700. The Labute approximate surface area is 230 Å². The maximum atomic E-state index is 13.7. The normalized spacial score (nSPS) is 24.4. The third-order valence-electron chi connectivity index (χ3n) is 8.09. The third-order valence-corrected chi connectivity index (χ3v) is 8.09. The average Bonchev–Trinajstić information content (AvgIpc) is 2.96. The molecule has 2 aliphatic rings. The highest BCUT2D eigenvalue weighted by molar-refractivity contribution is 5.83. The lowest BCUT2D eigenvalue weighted by molar-refractivity contribution is -0.622. The Morgan fingerprint density at radius 2 is 1.28 bits per heavy atom. The lowest BCUT2D eigenvalue weighted by Crippen LogP contribution is -2.57. The number of pyridine rings is 1. The van der Waals surface area contributed by atoms with Crippen LogP contribution in [0, 0.1) is 11.1 Å². The van der Waals surface area contributed by atoms with Crippen LogP contribution in [-0.2, 0) is 35.4 Å². The number of aromatic nitrogens is 1. The standard InChI is InChI=1S/C32H38N4O3/c37-31-25(20-23-10-3-1-4-11-23)18-19-26-14-9-15-27(36(26)39)22-33-30(21-24-12-5-2-6-13-24)32(38)35-29-17-8-7-16-28(29)34-31/h1-6,9-15,25,28-30,33H,7-8,16-22H2,(H,34,37)(H,35,38)/t25-,28-,29-,30+/m1/s1. The zero-order valence-electron chi connectivity index (χ0n) is 22.4. The van der Waals surface area contributed by atoms with Crippen LogP contribution in [0.4, 0.5) is 0 Å². The number of carbonyl (C=O) groups is 2. The highest BCUT2D eigenvalue weighted by Crippen LogP contribution is 2.22. The fraction of sp³-hybridized carbons (Fsp3) is 0.406. The number of hydrogen-bond acceptors (Lipinski definition) is 4. The Kier molecular flexibility index (Phi) is 8.89. The van der Waals surface area contributed by atoms with Gasteiger partial charge in [-0.25, -0.2) is 0 Å². The largest absolute Gasteiger partial charge is 0.618 e. The summed E-state index contributed by atoms with van der Waals surface area (Å²) in [6.45, 7) is 0.279. The molecule has 4 atom stereocenters. The van der Waals surface area contributed by atoms with Gasteiger partial charge in [-0.2, -0.15) is 4.73 Å². The summed E-state index contributed by atoms with van der Waals surface area (Å²) < 4.78 is 0.960. The van der Waals surface area contributed by atoms with Gasteiger partial charge in [0.1, 0.15) is 0 Å². The molecular formula is C32H38N4O3. The molecule has 39 heavy (non-hydrogen) atoms. The number of carbonyl (C=O) groups excluding carboxylic acids is 2. The summed E-state index contributed by atoms with van der Waals surface area (Å²) >= 11 is 0. The van der Waals surface area contributed by atoms with Crippen LogP contribution < -0.4 is 20.7 Å². The summed E-state index contributed by atoms with van der Waals surface area (Å²) in [5.41, 5.74) is 3.34. The van der Waals surface area contributed by atoms with Crippen molar-refractivity contribution in [1.29, 1.82) is 0 Å². The number of fused-ring (bicyclic) bond motifs is 3. The highest BCUT2D eigenvalue weighted by atomic mass is 16.5. The van der Waals surface area contributed by atoms with Gasteiger partial charge in [-0.15, -0.1) is 0 Å².